The third-order valence-electron chi connectivity index (χ3n) is 3.37. The van der Waals surface area contributed by atoms with Gasteiger partial charge in [-0.1, -0.05) is 35.3 Å². The fourth-order valence-electron chi connectivity index (χ4n) is 2.03. The van der Waals surface area contributed by atoms with Crippen LogP contribution in [0.2, 0.25) is 10.0 Å². The molecular formula is C17H11Cl2F4NO3. The minimum Gasteiger partial charge on any atom is -0.449 e. The van der Waals surface area contributed by atoms with E-state index in [0.29, 0.717) is 0 Å². The Morgan fingerprint density at radius 1 is 1.11 bits per heavy atom. The van der Waals surface area contributed by atoms with Crippen molar-refractivity contribution in [1.29, 1.82) is 0 Å². The first-order valence-electron chi connectivity index (χ1n) is 7.33. The zero-order valence-electron chi connectivity index (χ0n) is 13.5. The first-order valence-corrected chi connectivity index (χ1v) is 8.09. The maximum absolute atomic E-state index is 13.5. The summed E-state index contributed by atoms with van der Waals surface area (Å²) in [6.07, 6.45) is -6.16. The number of carbonyl (C=O) groups excluding carboxylic acids is 2. The Balaban J connectivity index is 2.13. The Morgan fingerprint density at radius 2 is 1.74 bits per heavy atom. The number of ether oxygens (including phenoxy) is 1. The molecule has 0 radical (unpaired) electrons. The molecule has 0 saturated heterocycles. The van der Waals surface area contributed by atoms with Gasteiger partial charge in [-0.3, -0.25) is 4.79 Å². The highest BCUT2D eigenvalue weighted by Crippen LogP contribution is 2.34. The molecule has 0 aliphatic rings. The van der Waals surface area contributed by atoms with Gasteiger partial charge in [0, 0.05) is 0 Å². The van der Waals surface area contributed by atoms with Crippen LogP contribution < -0.4 is 5.32 Å². The Hall–Kier alpha value is -2.32. The first kappa shape index (κ1) is 21.0. The van der Waals surface area contributed by atoms with Crippen LogP contribution >= 0.6 is 23.2 Å². The number of hydrogen-bond donors (Lipinski definition) is 1. The van der Waals surface area contributed by atoms with Crippen LogP contribution in [0, 0.1) is 5.82 Å². The van der Waals surface area contributed by atoms with Crippen molar-refractivity contribution in [3.05, 3.63) is 63.4 Å². The lowest BCUT2D eigenvalue weighted by atomic mass is 10.1. The number of benzene rings is 2. The number of alkyl halides is 3. The van der Waals surface area contributed by atoms with Crippen LogP contribution in [0.1, 0.15) is 22.8 Å². The minimum absolute atomic E-state index is 0.207. The third-order valence-corrected chi connectivity index (χ3v) is 3.98. The molecule has 2 rings (SSSR count). The zero-order chi connectivity index (χ0) is 20.4. The van der Waals surface area contributed by atoms with E-state index in [1.807, 2.05) is 5.32 Å². The molecule has 0 bridgehead atoms. The summed E-state index contributed by atoms with van der Waals surface area (Å²) in [6.45, 7) is 1.14. The summed E-state index contributed by atoms with van der Waals surface area (Å²) in [7, 11) is 0. The van der Waals surface area contributed by atoms with E-state index in [9.17, 15) is 27.2 Å². The summed E-state index contributed by atoms with van der Waals surface area (Å²) >= 11 is 11.3. The number of amides is 1. The van der Waals surface area contributed by atoms with Gasteiger partial charge in [0.2, 0.25) is 0 Å². The number of rotatable bonds is 4. The van der Waals surface area contributed by atoms with Crippen molar-refractivity contribution in [2.24, 2.45) is 0 Å². The quantitative estimate of drug-likeness (QED) is 0.410. The molecule has 2 aromatic carbocycles. The molecular weight excluding hydrogens is 413 g/mol. The summed E-state index contributed by atoms with van der Waals surface area (Å²) in [5.41, 5.74) is -1.93. The Morgan fingerprint density at radius 3 is 2.37 bits per heavy atom. The summed E-state index contributed by atoms with van der Waals surface area (Å²) < 4.78 is 57.2. The van der Waals surface area contributed by atoms with Gasteiger partial charge >= 0.3 is 12.1 Å². The standard InChI is InChI=1S/C17H11Cl2F4NO3/c1-8(27-16(26)9-6-13(20)12(19)7-11(9)18)15(25)24-14-5-3-2-4-10(14)17(21,22)23/h2-8H,1H3,(H,24,25). The molecule has 1 amide bonds. The Bertz CT molecular complexity index is 887. The van der Waals surface area contributed by atoms with Crippen molar-refractivity contribution in [2.75, 3.05) is 5.32 Å². The van der Waals surface area contributed by atoms with E-state index in [0.717, 1.165) is 31.2 Å². The molecule has 1 atom stereocenters. The molecule has 0 spiro atoms. The van der Waals surface area contributed by atoms with E-state index in [1.54, 1.807) is 0 Å². The largest absolute Gasteiger partial charge is 0.449 e. The molecule has 1 N–H and O–H groups in total. The molecule has 27 heavy (non-hydrogen) atoms. The van der Waals surface area contributed by atoms with Crippen molar-refractivity contribution >= 4 is 40.8 Å². The summed E-state index contributed by atoms with van der Waals surface area (Å²) in [5.74, 6) is -3.07. The molecule has 0 fully saturated rings. The van der Waals surface area contributed by atoms with Crippen molar-refractivity contribution in [2.45, 2.75) is 19.2 Å². The van der Waals surface area contributed by atoms with Gasteiger partial charge < -0.3 is 10.1 Å². The molecule has 2 aromatic rings. The van der Waals surface area contributed by atoms with E-state index in [-0.39, 0.29) is 15.6 Å². The maximum Gasteiger partial charge on any atom is 0.418 e. The summed E-state index contributed by atoms with van der Waals surface area (Å²) in [4.78, 5) is 24.1. The van der Waals surface area contributed by atoms with Gasteiger partial charge in [-0.2, -0.15) is 13.2 Å². The second kappa shape index (κ2) is 8.14. The normalized spacial score (nSPS) is 12.4. The van der Waals surface area contributed by atoms with Gasteiger partial charge in [-0.25, -0.2) is 9.18 Å². The predicted molar refractivity (Wildman–Crippen MR) is 91.4 cm³/mol. The van der Waals surface area contributed by atoms with Crippen LogP contribution in [0.4, 0.5) is 23.2 Å². The second-order valence-corrected chi connectivity index (χ2v) is 6.14. The van der Waals surface area contributed by atoms with Gasteiger partial charge in [0.25, 0.3) is 5.91 Å². The van der Waals surface area contributed by atoms with Gasteiger partial charge in [0.05, 0.1) is 26.9 Å². The molecule has 0 saturated carbocycles. The molecule has 0 aromatic heterocycles. The molecule has 4 nitrogen and oxygen atoms in total. The van der Waals surface area contributed by atoms with Crippen molar-refractivity contribution in [1.82, 2.24) is 0 Å². The van der Waals surface area contributed by atoms with Crippen LogP contribution in [0.3, 0.4) is 0 Å². The van der Waals surface area contributed by atoms with E-state index in [2.05, 4.69) is 0 Å². The number of para-hydroxylation sites is 1. The van der Waals surface area contributed by atoms with Crippen LogP contribution in [-0.4, -0.2) is 18.0 Å². The molecule has 10 heteroatoms. The smallest absolute Gasteiger partial charge is 0.418 e. The van der Waals surface area contributed by atoms with Crippen LogP contribution in [0.25, 0.3) is 0 Å². The average molecular weight is 424 g/mol. The summed E-state index contributed by atoms with van der Waals surface area (Å²) in [5, 5.41) is 1.52. The van der Waals surface area contributed by atoms with E-state index >= 15 is 0 Å². The molecule has 144 valence electrons. The maximum atomic E-state index is 13.5. The van der Waals surface area contributed by atoms with Crippen LogP contribution in [-0.2, 0) is 15.7 Å². The van der Waals surface area contributed by atoms with E-state index < -0.39 is 41.2 Å². The van der Waals surface area contributed by atoms with E-state index in [4.69, 9.17) is 27.9 Å². The Labute approximate surface area is 161 Å². The van der Waals surface area contributed by atoms with Crippen molar-refractivity contribution in [3.8, 4) is 0 Å². The lowest BCUT2D eigenvalue weighted by Crippen LogP contribution is -2.31. The third kappa shape index (κ3) is 5.11. The molecule has 0 heterocycles. The number of hydrogen-bond acceptors (Lipinski definition) is 3. The van der Waals surface area contributed by atoms with Gasteiger partial charge in [0.1, 0.15) is 5.82 Å². The SMILES string of the molecule is CC(OC(=O)c1cc(F)c(Cl)cc1Cl)C(=O)Nc1ccccc1C(F)(F)F. The lowest BCUT2D eigenvalue weighted by Gasteiger charge is -2.17. The lowest BCUT2D eigenvalue weighted by molar-refractivity contribution is -0.137. The Kier molecular flexibility index (Phi) is 6.33. The number of halogens is 6. The van der Waals surface area contributed by atoms with Crippen molar-refractivity contribution < 1.29 is 31.9 Å². The monoisotopic (exact) mass is 423 g/mol. The second-order valence-electron chi connectivity index (χ2n) is 5.33. The number of nitrogens with one attached hydrogen (secondary N) is 1. The highest BCUT2D eigenvalue weighted by molar-refractivity contribution is 6.36. The van der Waals surface area contributed by atoms with Gasteiger partial charge in [0.15, 0.2) is 6.10 Å². The summed E-state index contributed by atoms with van der Waals surface area (Å²) in [6, 6.07) is 6.04. The predicted octanol–water partition coefficient (Wildman–Crippen LogP) is 5.34. The average Bonchev–Trinajstić information content (AvgIpc) is 2.57. The fourth-order valence-corrected chi connectivity index (χ4v) is 2.49. The van der Waals surface area contributed by atoms with E-state index in [1.165, 1.54) is 12.1 Å². The van der Waals surface area contributed by atoms with Crippen LogP contribution in [0.5, 0.6) is 0 Å². The number of anilines is 1. The first-order chi connectivity index (χ1) is 12.5. The number of esters is 1. The zero-order valence-corrected chi connectivity index (χ0v) is 15.0. The highest BCUT2D eigenvalue weighted by atomic mass is 35.5. The highest BCUT2D eigenvalue weighted by Gasteiger charge is 2.34. The molecule has 0 aliphatic heterocycles. The van der Waals surface area contributed by atoms with Crippen LogP contribution in [0.15, 0.2) is 36.4 Å². The van der Waals surface area contributed by atoms with Gasteiger partial charge in [-0.15, -0.1) is 0 Å². The number of carbonyl (C=O) groups is 2. The fraction of sp³-hybridized carbons (Fsp3) is 0.176. The van der Waals surface area contributed by atoms with Gasteiger partial charge in [-0.05, 0) is 31.2 Å². The van der Waals surface area contributed by atoms with Crippen molar-refractivity contribution in [3.63, 3.8) is 0 Å². The topological polar surface area (TPSA) is 55.4 Å². The molecule has 1 unspecified atom stereocenters. The minimum atomic E-state index is -4.68. The molecule has 0 aliphatic carbocycles.